The van der Waals surface area contributed by atoms with Crippen LogP contribution in [0.3, 0.4) is 0 Å². The number of ether oxygens (including phenoxy) is 1. The lowest BCUT2D eigenvalue weighted by atomic mass is 9.94. The fraction of sp³-hybridized carbons (Fsp3) is 0.261. The Morgan fingerprint density at radius 2 is 1.86 bits per heavy atom. The number of methoxy groups -OCH3 is 1. The highest BCUT2D eigenvalue weighted by Crippen LogP contribution is 2.28. The summed E-state index contributed by atoms with van der Waals surface area (Å²) in [6.07, 6.45) is 3.63. The highest BCUT2D eigenvalue weighted by Gasteiger charge is 2.26. The highest BCUT2D eigenvalue weighted by atomic mass is 19.1. The molecule has 0 radical (unpaired) electrons. The van der Waals surface area contributed by atoms with Crippen molar-refractivity contribution in [2.45, 2.75) is 18.8 Å². The van der Waals surface area contributed by atoms with Gasteiger partial charge in [0, 0.05) is 42.0 Å². The summed E-state index contributed by atoms with van der Waals surface area (Å²) < 4.78 is 18.4. The molecule has 1 fully saturated rings. The van der Waals surface area contributed by atoms with Crippen molar-refractivity contribution in [3.8, 4) is 17.1 Å². The fourth-order valence-corrected chi connectivity index (χ4v) is 3.66. The quantitative estimate of drug-likeness (QED) is 0.665. The Labute approximate surface area is 169 Å². The van der Waals surface area contributed by atoms with Crippen LogP contribution in [0, 0.1) is 5.82 Å². The highest BCUT2D eigenvalue weighted by molar-refractivity contribution is 5.94. The molecule has 1 aromatic heterocycles. The molecule has 1 aliphatic heterocycles. The van der Waals surface area contributed by atoms with Crippen LogP contribution in [0.4, 0.5) is 4.39 Å². The maximum absolute atomic E-state index is 13.1. The SMILES string of the molecule is COc1ccc(-c2nccc(C3CCCN(C(=O)c4ccc(F)cc4)C3)n2)cc1. The Kier molecular flexibility index (Phi) is 5.51. The van der Waals surface area contributed by atoms with Crippen molar-refractivity contribution in [2.24, 2.45) is 0 Å². The monoisotopic (exact) mass is 391 g/mol. The molecule has 4 rings (SSSR count). The molecule has 0 bridgehead atoms. The topological polar surface area (TPSA) is 55.3 Å². The summed E-state index contributed by atoms with van der Waals surface area (Å²) in [5, 5.41) is 0. The minimum atomic E-state index is -0.342. The minimum absolute atomic E-state index is 0.0702. The summed E-state index contributed by atoms with van der Waals surface area (Å²) in [5.41, 5.74) is 2.36. The molecule has 1 unspecified atom stereocenters. The van der Waals surface area contributed by atoms with Crippen molar-refractivity contribution in [1.29, 1.82) is 0 Å². The number of hydrogen-bond acceptors (Lipinski definition) is 4. The van der Waals surface area contributed by atoms with Crippen LogP contribution in [0.5, 0.6) is 5.75 Å². The van der Waals surface area contributed by atoms with Gasteiger partial charge in [-0.1, -0.05) is 0 Å². The molecule has 29 heavy (non-hydrogen) atoms. The molecule has 2 heterocycles. The number of piperidine rings is 1. The second-order valence-electron chi connectivity index (χ2n) is 7.13. The van der Waals surface area contributed by atoms with E-state index in [0.29, 0.717) is 24.5 Å². The molecule has 5 nitrogen and oxygen atoms in total. The van der Waals surface area contributed by atoms with Gasteiger partial charge in [0.1, 0.15) is 11.6 Å². The summed E-state index contributed by atoms with van der Waals surface area (Å²) >= 11 is 0. The van der Waals surface area contributed by atoms with Gasteiger partial charge in [-0.15, -0.1) is 0 Å². The molecule has 0 aliphatic carbocycles. The van der Waals surface area contributed by atoms with E-state index in [-0.39, 0.29) is 17.6 Å². The van der Waals surface area contributed by atoms with Crippen molar-refractivity contribution in [3.05, 3.63) is 77.9 Å². The lowest BCUT2D eigenvalue weighted by Gasteiger charge is -2.32. The van der Waals surface area contributed by atoms with Crippen molar-refractivity contribution < 1.29 is 13.9 Å². The molecule has 0 N–H and O–H groups in total. The number of carbonyl (C=O) groups is 1. The summed E-state index contributed by atoms with van der Waals surface area (Å²) in [6.45, 7) is 1.29. The van der Waals surface area contributed by atoms with E-state index in [2.05, 4.69) is 4.98 Å². The van der Waals surface area contributed by atoms with Crippen molar-refractivity contribution in [2.75, 3.05) is 20.2 Å². The van der Waals surface area contributed by atoms with E-state index >= 15 is 0 Å². The van der Waals surface area contributed by atoms with Crippen LogP contribution in [0.15, 0.2) is 60.8 Å². The minimum Gasteiger partial charge on any atom is -0.497 e. The van der Waals surface area contributed by atoms with Crippen LogP contribution < -0.4 is 4.74 Å². The van der Waals surface area contributed by atoms with E-state index in [9.17, 15) is 9.18 Å². The number of rotatable bonds is 4. The van der Waals surface area contributed by atoms with E-state index in [4.69, 9.17) is 9.72 Å². The lowest BCUT2D eigenvalue weighted by molar-refractivity contribution is 0.0706. The smallest absolute Gasteiger partial charge is 0.253 e. The van der Waals surface area contributed by atoms with Gasteiger partial charge < -0.3 is 9.64 Å². The lowest BCUT2D eigenvalue weighted by Crippen LogP contribution is -2.39. The van der Waals surface area contributed by atoms with Crippen molar-refractivity contribution >= 4 is 5.91 Å². The van der Waals surface area contributed by atoms with Crippen LogP contribution in [0.1, 0.15) is 34.8 Å². The normalized spacial score (nSPS) is 16.5. The van der Waals surface area contributed by atoms with E-state index in [0.717, 1.165) is 29.8 Å². The van der Waals surface area contributed by atoms with Crippen LogP contribution in [0.25, 0.3) is 11.4 Å². The average molecular weight is 391 g/mol. The number of amides is 1. The molecule has 1 amide bonds. The predicted octanol–water partition coefficient (Wildman–Crippen LogP) is 4.31. The first-order chi connectivity index (χ1) is 14.1. The molecule has 6 heteroatoms. The van der Waals surface area contributed by atoms with E-state index in [1.165, 1.54) is 24.3 Å². The number of nitrogens with zero attached hydrogens (tertiary/aromatic N) is 3. The van der Waals surface area contributed by atoms with Gasteiger partial charge in [-0.25, -0.2) is 14.4 Å². The third-order valence-corrected chi connectivity index (χ3v) is 5.24. The third-order valence-electron chi connectivity index (χ3n) is 5.24. The Morgan fingerprint density at radius 1 is 1.10 bits per heavy atom. The Morgan fingerprint density at radius 3 is 2.59 bits per heavy atom. The summed E-state index contributed by atoms with van der Waals surface area (Å²) in [6, 6.07) is 15.3. The maximum Gasteiger partial charge on any atom is 0.253 e. The van der Waals surface area contributed by atoms with Crippen LogP contribution in [0.2, 0.25) is 0 Å². The van der Waals surface area contributed by atoms with Gasteiger partial charge >= 0.3 is 0 Å². The van der Waals surface area contributed by atoms with Crippen molar-refractivity contribution in [1.82, 2.24) is 14.9 Å². The van der Waals surface area contributed by atoms with Gasteiger partial charge in [0.15, 0.2) is 5.82 Å². The van der Waals surface area contributed by atoms with Gasteiger partial charge in [0.2, 0.25) is 0 Å². The zero-order valence-corrected chi connectivity index (χ0v) is 16.2. The second kappa shape index (κ2) is 8.39. The first-order valence-electron chi connectivity index (χ1n) is 9.66. The second-order valence-corrected chi connectivity index (χ2v) is 7.13. The van der Waals surface area contributed by atoms with E-state index in [1.807, 2.05) is 35.2 Å². The number of likely N-dealkylation sites (tertiary alicyclic amines) is 1. The standard InChI is InChI=1S/C23H22FN3O2/c1-29-20-10-6-16(7-11-20)22-25-13-12-21(26-22)18-3-2-14-27(15-18)23(28)17-4-8-19(24)9-5-17/h4-13,18H,2-3,14-15H2,1H3. The van der Waals surface area contributed by atoms with Gasteiger partial charge in [0.25, 0.3) is 5.91 Å². The van der Waals surface area contributed by atoms with Crippen LogP contribution >= 0.6 is 0 Å². The fourth-order valence-electron chi connectivity index (χ4n) is 3.66. The molecule has 148 valence electrons. The number of hydrogen-bond donors (Lipinski definition) is 0. The summed E-state index contributed by atoms with van der Waals surface area (Å²) in [5.74, 6) is 1.18. The third kappa shape index (κ3) is 4.26. The molecule has 2 aromatic carbocycles. The number of benzene rings is 2. The molecular weight excluding hydrogens is 369 g/mol. The zero-order valence-electron chi connectivity index (χ0n) is 16.2. The molecule has 1 aliphatic rings. The molecule has 1 atom stereocenters. The number of aromatic nitrogens is 2. The van der Waals surface area contributed by atoms with E-state index in [1.54, 1.807) is 13.3 Å². The summed E-state index contributed by atoms with van der Waals surface area (Å²) in [4.78, 5) is 23.8. The van der Waals surface area contributed by atoms with Crippen molar-refractivity contribution in [3.63, 3.8) is 0 Å². The maximum atomic E-state index is 13.1. The Bertz CT molecular complexity index is 990. The van der Waals surface area contributed by atoms with Crippen LogP contribution in [-0.2, 0) is 0 Å². The Balaban J connectivity index is 1.52. The number of carbonyl (C=O) groups excluding carboxylic acids is 1. The Hall–Kier alpha value is -3.28. The average Bonchev–Trinajstić information content (AvgIpc) is 2.79. The molecule has 1 saturated heterocycles. The predicted molar refractivity (Wildman–Crippen MR) is 108 cm³/mol. The molecule has 3 aromatic rings. The molecule has 0 spiro atoms. The largest absolute Gasteiger partial charge is 0.497 e. The van der Waals surface area contributed by atoms with Gasteiger partial charge in [-0.2, -0.15) is 0 Å². The van der Waals surface area contributed by atoms with Gasteiger partial charge in [-0.3, -0.25) is 4.79 Å². The number of halogens is 1. The van der Waals surface area contributed by atoms with Crippen LogP contribution in [-0.4, -0.2) is 41.0 Å². The first kappa shape index (κ1) is 19.1. The zero-order chi connectivity index (χ0) is 20.2. The van der Waals surface area contributed by atoms with Gasteiger partial charge in [-0.05, 0) is 67.4 Å². The van der Waals surface area contributed by atoms with Gasteiger partial charge in [0.05, 0.1) is 7.11 Å². The first-order valence-corrected chi connectivity index (χ1v) is 9.66. The summed E-state index contributed by atoms with van der Waals surface area (Å²) in [7, 11) is 1.63. The molecular formula is C23H22FN3O2. The molecule has 0 saturated carbocycles. The van der Waals surface area contributed by atoms with E-state index < -0.39 is 0 Å².